The maximum Gasteiger partial charge on any atom is 0.324 e. The summed E-state index contributed by atoms with van der Waals surface area (Å²) in [5.41, 5.74) is 3.56. The van der Waals surface area contributed by atoms with Crippen LogP contribution < -0.4 is 11.1 Å². The van der Waals surface area contributed by atoms with Gasteiger partial charge in [-0.05, 0) is 6.42 Å². The first kappa shape index (κ1) is 13.8. The van der Waals surface area contributed by atoms with Gasteiger partial charge in [0.15, 0.2) is 0 Å². The van der Waals surface area contributed by atoms with E-state index in [1.54, 1.807) is 0 Å². The van der Waals surface area contributed by atoms with Gasteiger partial charge in [-0.25, -0.2) is 0 Å². The van der Waals surface area contributed by atoms with Crippen LogP contribution in [-0.2, 0) is 9.59 Å². The van der Waals surface area contributed by atoms with Crippen molar-refractivity contribution in [3.05, 3.63) is 0 Å². The Hall–Kier alpha value is -1.18. The van der Waals surface area contributed by atoms with E-state index in [2.05, 4.69) is 5.32 Å². The van der Waals surface area contributed by atoms with Crippen LogP contribution in [-0.4, -0.2) is 52.5 Å². The summed E-state index contributed by atoms with van der Waals surface area (Å²) in [6.45, 7) is -0.0309. The molecule has 88 valence electrons. The first-order valence-electron chi connectivity index (χ1n) is 4.49. The molecule has 0 aliphatic rings. The monoisotopic (exact) mass is 220 g/mol. The van der Waals surface area contributed by atoms with E-state index in [0.29, 0.717) is 0 Å². The predicted octanol–water partition coefficient (Wildman–Crippen LogP) is -1.78. The minimum absolute atomic E-state index is 0.172. The highest BCUT2D eigenvalue weighted by Gasteiger charge is 2.39. The number of aliphatic hydroxyl groups is 1. The minimum Gasteiger partial charge on any atom is -0.481 e. The molecule has 0 spiro atoms. The van der Waals surface area contributed by atoms with Gasteiger partial charge in [0, 0.05) is 19.7 Å². The highest BCUT2D eigenvalue weighted by molar-refractivity contribution is 5.85. The molecule has 0 saturated heterocycles. The molecule has 0 aliphatic carbocycles. The van der Waals surface area contributed by atoms with Crippen LogP contribution in [0.25, 0.3) is 0 Å². The molecular formula is C8H16N2O5. The molecule has 0 rings (SSSR count). The number of aliphatic carboxylic acids is 2. The quantitative estimate of drug-likeness (QED) is 0.326. The van der Waals surface area contributed by atoms with Crippen LogP contribution >= 0.6 is 0 Å². The van der Waals surface area contributed by atoms with Crippen molar-refractivity contribution in [3.63, 3.8) is 0 Å². The van der Waals surface area contributed by atoms with Crippen molar-refractivity contribution in [2.45, 2.75) is 18.4 Å². The maximum atomic E-state index is 11.0. The summed E-state index contributed by atoms with van der Waals surface area (Å²) < 4.78 is 0. The number of nitrogens with one attached hydrogen (secondary N) is 1. The number of hydrogen-bond donors (Lipinski definition) is 5. The molecule has 7 heteroatoms. The van der Waals surface area contributed by atoms with Crippen LogP contribution in [0.4, 0.5) is 0 Å². The van der Waals surface area contributed by atoms with Crippen LogP contribution in [0.3, 0.4) is 0 Å². The van der Waals surface area contributed by atoms with Crippen LogP contribution in [0.2, 0.25) is 0 Å². The van der Waals surface area contributed by atoms with Crippen molar-refractivity contribution in [2.75, 3.05) is 19.7 Å². The summed E-state index contributed by atoms with van der Waals surface area (Å²) in [4.78, 5) is 21.5. The fraction of sp³-hybridized carbons (Fsp3) is 0.750. The van der Waals surface area contributed by atoms with Crippen molar-refractivity contribution in [1.82, 2.24) is 5.32 Å². The van der Waals surface area contributed by atoms with Crippen LogP contribution in [0, 0.1) is 0 Å². The number of carboxylic acid groups (broad SMARTS) is 2. The summed E-state index contributed by atoms with van der Waals surface area (Å²) in [6.07, 6.45) is -0.766. The standard InChI is InChI=1S/C8H16N2O5/c9-2-3-10-8(1-4-11,7(14)15)5-6(12)13/h10-11H,1-5,9H2,(H,12,13)(H,14,15). The summed E-state index contributed by atoms with van der Waals surface area (Å²) in [5, 5.41) is 28.8. The largest absolute Gasteiger partial charge is 0.481 e. The highest BCUT2D eigenvalue weighted by Crippen LogP contribution is 2.15. The molecule has 0 saturated carbocycles. The Bertz CT molecular complexity index is 233. The SMILES string of the molecule is NCCNC(CCO)(CC(=O)O)C(=O)O. The third-order valence-electron chi connectivity index (χ3n) is 2.01. The van der Waals surface area contributed by atoms with Crippen molar-refractivity contribution in [1.29, 1.82) is 0 Å². The van der Waals surface area contributed by atoms with Gasteiger partial charge in [-0.1, -0.05) is 0 Å². The van der Waals surface area contributed by atoms with Gasteiger partial charge in [-0.2, -0.15) is 0 Å². The first-order chi connectivity index (χ1) is 6.98. The van der Waals surface area contributed by atoms with Gasteiger partial charge >= 0.3 is 11.9 Å². The number of hydrogen-bond acceptors (Lipinski definition) is 5. The fourth-order valence-electron chi connectivity index (χ4n) is 1.26. The third kappa shape index (κ3) is 4.24. The zero-order valence-electron chi connectivity index (χ0n) is 8.27. The van der Waals surface area contributed by atoms with E-state index >= 15 is 0 Å². The molecule has 0 aliphatic heterocycles. The molecular weight excluding hydrogens is 204 g/mol. The Morgan fingerprint density at radius 1 is 1.33 bits per heavy atom. The molecule has 1 atom stereocenters. The Morgan fingerprint density at radius 3 is 2.27 bits per heavy atom. The second-order valence-corrected chi connectivity index (χ2v) is 3.15. The molecule has 15 heavy (non-hydrogen) atoms. The molecule has 0 heterocycles. The summed E-state index contributed by atoms with van der Waals surface area (Å²) in [6, 6.07) is 0. The summed E-state index contributed by atoms with van der Waals surface area (Å²) in [5.74, 6) is -2.54. The van der Waals surface area contributed by atoms with E-state index in [-0.39, 0.29) is 19.5 Å². The van der Waals surface area contributed by atoms with Crippen molar-refractivity contribution in [3.8, 4) is 0 Å². The van der Waals surface area contributed by atoms with E-state index in [0.717, 1.165) is 0 Å². The lowest BCUT2D eigenvalue weighted by Crippen LogP contribution is -2.55. The second kappa shape index (κ2) is 6.33. The summed E-state index contributed by atoms with van der Waals surface area (Å²) in [7, 11) is 0. The number of carboxylic acids is 2. The number of nitrogens with two attached hydrogens (primary N) is 1. The Morgan fingerprint density at radius 2 is 1.93 bits per heavy atom. The topological polar surface area (TPSA) is 133 Å². The molecule has 0 radical (unpaired) electrons. The second-order valence-electron chi connectivity index (χ2n) is 3.15. The zero-order chi connectivity index (χ0) is 11.9. The van der Waals surface area contributed by atoms with Gasteiger partial charge in [-0.3, -0.25) is 9.59 Å². The zero-order valence-corrected chi connectivity index (χ0v) is 8.27. The van der Waals surface area contributed by atoms with Gasteiger partial charge in [0.05, 0.1) is 6.42 Å². The molecule has 7 nitrogen and oxygen atoms in total. The predicted molar refractivity (Wildman–Crippen MR) is 51.4 cm³/mol. The Labute approximate surface area is 86.9 Å². The van der Waals surface area contributed by atoms with E-state index in [9.17, 15) is 9.59 Å². The molecule has 1 unspecified atom stereocenters. The first-order valence-corrected chi connectivity index (χ1v) is 4.49. The van der Waals surface area contributed by atoms with E-state index in [1.807, 2.05) is 0 Å². The molecule has 0 amide bonds. The third-order valence-corrected chi connectivity index (χ3v) is 2.01. The molecule has 6 N–H and O–H groups in total. The number of aliphatic hydroxyl groups excluding tert-OH is 1. The van der Waals surface area contributed by atoms with Gasteiger partial charge in [0.25, 0.3) is 0 Å². The number of carbonyl (C=O) groups is 2. The van der Waals surface area contributed by atoms with Crippen LogP contribution in [0.1, 0.15) is 12.8 Å². The smallest absolute Gasteiger partial charge is 0.324 e. The average molecular weight is 220 g/mol. The molecule has 0 aromatic carbocycles. The molecule has 0 aromatic rings. The lowest BCUT2D eigenvalue weighted by Gasteiger charge is -2.28. The number of rotatable bonds is 8. The van der Waals surface area contributed by atoms with E-state index in [4.69, 9.17) is 21.1 Å². The minimum atomic E-state index is -1.64. The van der Waals surface area contributed by atoms with Crippen molar-refractivity contribution < 1.29 is 24.9 Å². The average Bonchev–Trinajstić information content (AvgIpc) is 2.13. The molecule has 0 bridgehead atoms. The normalized spacial score (nSPS) is 14.5. The molecule has 0 aromatic heterocycles. The van der Waals surface area contributed by atoms with E-state index in [1.165, 1.54) is 0 Å². The molecule has 0 fully saturated rings. The van der Waals surface area contributed by atoms with Crippen molar-refractivity contribution >= 4 is 11.9 Å². The van der Waals surface area contributed by atoms with Gasteiger partial charge in [0.2, 0.25) is 0 Å². The van der Waals surface area contributed by atoms with Crippen LogP contribution in [0.5, 0.6) is 0 Å². The van der Waals surface area contributed by atoms with Crippen LogP contribution in [0.15, 0.2) is 0 Å². The lowest BCUT2D eigenvalue weighted by molar-refractivity contribution is -0.152. The van der Waals surface area contributed by atoms with Gasteiger partial charge in [0.1, 0.15) is 5.54 Å². The van der Waals surface area contributed by atoms with E-state index < -0.39 is 30.5 Å². The van der Waals surface area contributed by atoms with Crippen molar-refractivity contribution in [2.24, 2.45) is 5.73 Å². The Kier molecular flexibility index (Phi) is 5.83. The maximum absolute atomic E-state index is 11.0. The highest BCUT2D eigenvalue weighted by atomic mass is 16.4. The lowest BCUT2D eigenvalue weighted by atomic mass is 9.91. The van der Waals surface area contributed by atoms with Gasteiger partial charge < -0.3 is 26.4 Å². The van der Waals surface area contributed by atoms with Gasteiger partial charge in [-0.15, -0.1) is 0 Å². The fourth-order valence-corrected chi connectivity index (χ4v) is 1.26. The summed E-state index contributed by atoms with van der Waals surface area (Å²) >= 11 is 0. The Balaban J connectivity index is 4.71.